The smallest absolute Gasteiger partial charge is 0.312 e. The number of carbonyl (C=O) groups is 3. The number of hydrogen-bond donors (Lipinski definition) is 1. The summed E-state index contributed by atoms with van der Waals surface area (Å²) in [5.74, 6) is -2.86. The SMILES string of the molecule is C=CCCCCOC(=O)[C@H]1[C@H]2C(=O)N([C@@H](CO)C(C)C)C(C(=O)N(CC=C)c3cc(C)ccc3C)C23CC[C@]1(CC)O3. The summed E-state index contributed by atoms with van der Waals surface area (Å²) in [6.45, 7) is 17.6. The van der Waals surface area contributed by atoms with Gasteiger partial charge in [-0.1, -0.05) is 45.1 Å². The van der Waals surface area contributed by atoms with Crippen molar-refractivity contribution >= 4 is 23.5 Å². The number of carbonyl (C=O) groups excluding carboxylic acids is 3. The number of fused-ring (bicyclic) bond motifs is 1. The van der Waals surface area contributed by atoms with E-state index in [9.17, 15) is 19.5 Å². The lowest BCUT2D eigenvalue weighted by molar-refractivity contribution is -0.162. The number of rotatable bonds is 14. The minimum absolute atomic E-state index is 0.134. The fourth-order valence-corrected chi connectivity index (χ4v) is 7.52. The molecule has 0 saturated carbocycles. The average Bonchev–Trinajstić information content (AvgIpc) is 3.57. The Balaban J connectivity index is 1.81. The molecular formula is C34H48N2O6. The first-order chi connectivity index (χ1) is 20.0. The molecule has 1 aromatic rings. The third-order valence-electron chi connectivity index (χ3n) is 9.70. The molecule has 3 heterocycles. The van der Waals surface area contributed by atoms with Gasteiger partial charge in [-0.3, -0.25) is 14.4 Å². The third kappa shape index (κ3) is 5.21. The van der Waals surface area contributed by atoms with E-state index in [1.807, 2.05) is 58.9 Å². The molecule has 0 radical (unpaired) electrons. The number of hydrogen-bond acceptors (Lipinski definition) is 6. The van der Waals surface area contributed by atoms with E-state index < -0.39 is 41.1 Å². The number of aryl methyl sites for hydroxylation is 2. The molecule has 1 N–H and O–H groups in total. The number of allylic oxidation sites excluding steroid dienone is 1. The minimum atomic E-state index is -1.20. The van der Waals surface area contributed by atoms with Crippen molar-refractivity contribution in [2.45, 2.75) is 96.4 Å². The first-order valence-electron chi connectivity index (χ1n) is 15.4. The predicted octanol–water partition coefficient (Wildman–Crippen LogP) is 4.89. The number of amides is 2. The Morgan fingerprint density at radius 2 is 1.95 bits per heavy atom. The van der Waals surface area contributed by atoms with Gasteiger partial charge < -0.3 is 24.4 Å². The number of unbranched alkanes of at least 4 members (excludes halogenated alkanes) is 2. The highest BCUT2D eigenvalue weighted by atomic mass is 16.6. The second-order valence-electron chi connectivity index (χ2n) is 12.6. The molecule has 8 heteroatoms. The molecule has 6 atom stereocenters. The molecule has 3 saturated heterocycles. The summed E-state index contributed by atoms with van der Waals surface area (Å²) in [6, 6.07) is 4.31. The highest BCUT2D eigenvalue weighted by Gasteiger charge is 2.79. The van der Waals surface area contributed by atoms with E-state index in [2.05, 4.69) is 13.2 Å². The number of aliphatic hydroxyl groups is 1. The van der Waals surface area contributed by atoms with Crippen molar-refractivity contribution in [3.63, 3.8) is 0 Å². The Labute approximate surface area is 250 Å². The number of benzene rings is 1. The Morgan fingerprint density at radius 1 is 1.21 bits per heavy atom. The fraction of sp³-hybridized carbons (Fsp3) is 0.618. The summed E-state index contributed by atoms with van der Waals surface area (Å²) < 4.78 is 12.7. The van der Waals surface area contributed by atoms with Crippen molar-refractivity contribution in [2.24, 2.45) is 17.8 Å². The van der Waals surface area contributed by atoms with E-state index >= 15 is 0 Å². The summed E-state index contributed by atoms with van der Waals surface area (Å²) in [7, 11) is 0. The van der Waals surface area contributed by atoms with Gasteiger partial charge in [-0.15, -0.1) is 13.2 Å². The van der Waals surface area contributed by atoms with Gasteiger partial charge in [0.2, 0.25) is 5.91 Å². The van der Waals surface area contributed by atoms with E-state index in [0.717, 1.165) is 29.7 Å². The zero-order chi connectivity index (χ0) is 30.8. The topological polar surface area (TPSA) is 96.4 Å². The van der Waals surface area contributed by atoms with E-state index in [0.29, 0.717) is 25.7 Å². The number of aliphatic hydroxyl groups excluding tert-OH is 1. The van der Waals surface area contributed by atoms with Gasteiger partial charge in [0.15, 0.2) is 0 Å². The zero-order valence-corrected chi connectivity index (χ0v) is 25.9. The van der Waals surface area contributed by atoms with Gasteiger partial charge in [-0.2, -0.15) is 0 Å². The van der Waals surface area contributed by atoms with E-state index in [-0.39, 0.29) is 37.5 Å². The molecule has 3 aliphatic heterocycles. The van der Waals surface area contributed by atoms with Crippen LogP contribution in [-0.2, 0) is 23.9 Å². The number of nitrogens with zero attached hydrogens (tertiary/aromatic N) is 2. The molecule has 2 unspecified atom stereocenters. The number of likely N-dealkylation sites (tertiary alicyclic amines) is 1. The summed E-state index contributed by atoms with van der Waals surface area (Å²) in [6.07, 6.45) is 7.46. The van der Waals surface area contributed by atoms with Crippen LogP contribution in [0.5, 0.6) is 0 Å². The zero-order valence-electron chi connectivity index (χ0n) is 25.9. The van der Waals surface area contributed by atoms with Crippen LogP contribution in [0.4, 0.5) is 5.69 Å². The van der Waals surface area contributed by atoms with Crippen molar-refractivity contribution < 1.29 is 29.0 Å². The monoisotopic (exact) mass is 580 g/mol. The number of ether oxygens (including phenoxy) is 2. The van der Waals surface area contributed by atoms with Crippen molar-refractivity contribution in [3.8, 4) is 0 Å². The van der Waals surface area contributed by atoms with Gasteiger partial charge in [-0.05, 0) is 75.5 Å². The van der Waals surface area contributed by atoms with Crippen molar-refractivity contribution in [1.82, 2.24) is 4.90 Å². The van der Waals surface area contributed by atoms with Crippen LogP contribution in [-0.4, -0.2) is 70.8 Å². The van der Waals surface area contributed by atoms with Crippen LogP contribution in [0.3, 0.4) is 0 Å². The Bertz CT molecular complexity index is 1210. The van der Waals surface area contributed by atoms with Gasteiger partial charge >= 0.3 is 5.97 Å². The minimum Gasteiger partial charge on any atom is -0.465 e. The van der Waals surface area contributed by atoms with Crippen molar-refractivity contribution in [2.75, 3.05) is 24.7 Å². The molecule has 1 aromatic carbocycles. The lowest BCUT2D eigenvalue weighted by Crippen LogP contribution is -2.60. The normalized spacial score (nSPS) is 28.6. The molecule has 42 heavy (non-hydrogen) atoms. The van der Waals surface area contributed by atoms with Crippen molar-refractivity contribution in [1.29, 1.82) is 0 Å². The van der Waals surface area contributed by atoms with Gasteiger partial charge in [0, 0.05) is 12.2 Å². The molecule has 3 fully saturated rings. The summed E-state index contributed by atoms with van der Waals surface area (Å²) in [4.78, 5) is 46.4. The first-order valence-corrected chi connectivity index (χ1v) is 15.4. The second-order valence-corrected chi connectivity index (χ2v) is 12.6. The van der Waals surface area contributed by atoms with Crippen LogP contribution in [0.25, 0.3) is 0 Å². The van der Waals surface area contributed by atoms with Gasteiger partial charge in [-0.25, -0.2) is 0 Å². The highest BCUT2D eigenvalue weighted by Crippen LogP contribution is 2.65. The third-order valence-corrected chi connectivity index (χ3v) is 9.70. The van der Waals surface area contributed by atoms with Crippen molar-refractivity contribution in [3.05, 3.63) is 54.6 Å². The molecule has 2 bridgehead atoms. The lowest BCUT2D eigenvalue weighted by atomic mass is 9.65. The van der Waals surface area contributed by atoms with Crippen LogP contribution >= 0.6 is 0 Å². The van der Waals surface area contributed by atoms with Crippen LogP contribution < -0.4 is 4.90 Å². The summed E-state index contributed by atoms with van der Waals surface area (Å²) in [5, 5.41) is 10.5. The quantitative estimate of drug-likeness (QED) is 0.191. The fourth-order valence-electron chi connectivity index (χ4n) is 7.52. The second kappa shape index (κ2) is 12.7. The predicted molar refractivity (Wildman–Crippen MR) is 163 cm³/mol. The average molecular weight is 581 g/mol. The summed E-state index contributed by atoms with van der Waals surface area (Å²) >= 11 is 0. The van der Waals surface area contributed by atoms with Crippen LogP contribution in [0.15, 0.2) is 43.5 Å². The Kier molecular flexibility index (Phi) is 9.68. The molecule has 8 nitrogen and oxygen atoms in total. The highest BCUT2D eigenvalue weighted by molar-refractivity contribution is 6.05. The largest absolute Gasteiger partial charge is 0.465 e. The molecule has 2 amide bonds. The Morgan fingerprint density at radius 3 is 2.57 bits per heavy atom. The van der Waals surface area contributed by atoms with Crippen LogP contribution in [0.2, 0.25) is 0 Å². The molecular weight excluding hydrogens is 532 g/mol. The van der Waals surface area contributed by atoms with Gasteiger partial charge in [0.1, 0.15) is 17.6 Å². The van der Waals surface area contributed by atoms with Crippen LogP contribution in [0, 0.1) is 31.6 Å². The van der Waals surface area contributed by atoms with E-state index in [4.69, 9.17) is 9.47 Å². The summed E-state index contributed by atoms with van der Waals surface area (Å²) in [5.41, 5.74) is 0.587. The standard InChI is InChI=1S/C34H48N2O6/c1-8-11-12-13-19-41-32(40)28-27-30(38)36(26(21-37)22(4)5)29(34(27)17-16-33(28,10-3)42-34)31(39)35(18-9-2)25-20-23(6)14-15-24(25)7/h8-9,14-15,20,22,26-29,37H,1-2,10-13,16-19,21H2,3-7H3/t26-,27-,28+,29?,33-,34?/m0/s1. The first kappa shape index (κ1) is 32.0. The Hall–Kier alpha value is -2.97. The number of esters is 1. The molecule has 1 spiro atoms. The molecule has 3 aliphatic rings. The lowest BCUT2D eigenvalue weighted by Gasteiger charge is -2.41. The maximum Gasteiger partial charge on any atom is 0.312 e. The molecule has 4 rings (SSSR count). The van der Waals surface area contributed by atoms with Gasteiger partial charge in [0.25, 0.3) is 5.91 Å². The van der Waals surface area contributed by atoms with E-state index in [1.165, 1.54) is 0 Å². The molecule has 0 aliphatic carbocycles. The van der Waals surface area contributed by atoms with Crippen LogP contribution in [0.1, 0.15) is 70.4 Å². The molecule has 230 valence electrons. The maximum absolute atomic E-state index is 14.9. The molecule has 0 aromatic heterocycles. The van der Waals surface area contributed by atoms with Gasteiger partial charge in [0.05, 0.1) is 30.8 Å². The maximum atomic E-state index is 14.9. The van der Waals surface area contributed by atoms with E-state index in [1.54, 1.807) is 15.9 Å². The number of anilines is 1.